The summed E-state index contributed by atoms with van der Waals surface area (Å²) in [5, 5.41) is 17.6. The molecule has 0 saturated heterocycles. The Morgan fingerprint density at radius 2 is 1.18 bits per heavy atom. The third kappa shape index (κ3) is 20.0. The molecule has 0 heterocycles. The minimum absolute atomic E-state index is 0.269. The maximum Gasteiger partial charge on any atom is 0.326 e. The van der Waals surface area contributed by atoms with Gasteiger partial charge in [-0.3, -0.25) is 14.4 Å². The molecule has 0 saturated carbocycles. The molecule has 0 aromatic carbocycles. The van der Waals surface area contributed by atoms with Gasteiger partial charge in [-0.05, 0) is 85.0 Å². The second-order valence-electron chi connectivity index (χ2n) is 12.8. The van der Waals surface area contributed by atoms with E-state index in [9.17, 15) is 24.3 Å². The lowest BCUT2D eigenvalue weighted by atomic mass is 9.97. The fourth-order valence-electron chi connectivity index (χ4n) is 4.52. The van der Waals surface area contributed by atoms with Crippen LogP contribution in [0.1, 0.15) is 114 Å². The van der Waals surface area contributed by atoms with Crippen LogP contribution in [0.4, 0.5) is 0 Å². The SMILES string of the molecule is CC[C@H](C)[C@H](NC(=O)[C@@H](NC(=O)[C@H](CSC/C=C(\C)CC/C=C(\C)CC/C=C(\C)CCC=C(C)C)NC(C)=O)C(C)C)C(=O)O. The standard InChI is InChI=1S/C36H61N3O5S/c1-11-29(9)33(36(43)44)39-35(42)32(25(4)5)38-34(41)31(37-30(10)40)23-45-22-21-28(8)20-14-19-27(7)18-13-17-26(6)16-12-15-24(2)3/h15,17,19,21,25,29,31-33H,11-14,16,18,20,22-23H2,1-10H3,(H,37,40)(H,38,41)(H,39,42)(H,43,44)/b26-17+,27-19+,28-21+/t29-,31-,32-,33-/m0/s1. The summed E-state index contributed by atoms with van der Waals surface area (Å²) in [4.78, 5) is 49.7. The van der Waals surface area contributed by atoms with Crippen LogP contribution in [0.3, 0.4) is 0 Å². The van der Waals surface area contributed by atoms with Crippen molar-refractivity contribution in [1.29, 1.82) is 0 Å². The van der Waals surface area contributed by atoms with Gasteiger partial charge in [-0.1, -0.05) is 80.7 Å². The molecule has 0 aliphatic rings. The zero-order chi connectivity index (χ0) is 34.5. The second kappa shape index (κ2) is 23.5. The highest BCUT2D eigenvalue weighted by Crippen LogP contribution is 2.15. The zero-order valence-electron chi connectivity index (χ0n) is 29.5. The van der Waals surface area contributed by atoms with E-state index in [2.05, 4.69) is 74.9 Å². The van der Waals surface area contributed by atoms with Crippen molar-refractivity contribution in [2.75, 3.05) is 11.5 Å². The summed E-state index contributed by atoms with van der Waals surface area (Å²) >= 11 is 1.53. The van der Waals surface area contributed by atoms with Crippen LogP contribution in [0.15, 0.2) is 46.6 Å². The van der Waals surface area contributed by atoms with Gasteiger partial charge in [0.05, 0.1) is 0 Å². The van der Waals surface area contributed by atoms with Crippen molar-refractivity contribution in [3.63, 3.8) is 0 Å². The van der Waals surface area contributed by atoms with Crippen molar-refractivity contribution in [3.05, 3.63) is 46.6 Å². The largest absolute Gasteiger partial charge is 0.480 e. The highest BCUT2D eigenvalue weighted by molar-refractivity contribution is 7.99. The van der Waals surface area contributed by atoms with E-state index < -0.39 is 35.9 Å². The van der Waals surface area contributed by atoms with Gasteiger partial charge in [0.15, 0.2) is 0 Å². The third-order valence-corrected chi connectivity index (χ3v) is 8.68. The number of hydrogen-bond donors (Lipinski definition) is 4. The van der Waals surface area contributed by atoms with E-state index in [-0.39, 0.29) is 17.7 Å². The normalized spacial score (nSPS) is 15.1. The highest BCUT2D eigenvalue weighted by Gasteiger charge is 2.32. The summed E-state index contributed by atoms with van der Waals surface area (Å²) in [6, 6.07) is -2.81. The van der Waals surface area contributed by atoms with Crippen LogP contribution in [-0.2, 0) is 19.2 Å². The Labute approximate surface area is 277 Å². The summed E-state index contributed by atoms with van der Waals surface area (Å²) < 4.78 is 0. The lowest BCUT2D eigenvalue weighted by Crippen LogP contribution is -2.58. The van der Waals surface area contributed by atoms with Crippen LogP contribution < -0.4 is 16.0 Å². The van der Waals surface area contributed by atoms with Gasteiger partial charge in [0.2, 0.25) is 17.7 Å². The van der Waals surface area contributed by atoms with Gasteiger partial charge in [0.1, 0.15) is 18.1 Å². The maximum atomic E-state index is 13.2. The van der Waals surface area contributed by atoms with E-state index in [1.807, 2.05) is 6.92 Å². The van der Waals surface area contributed by atoms with Crippen LogP contribution in [0.5, 0.6) is 0 Å². The minimum atomic E-state index is -1.11. The second-order valence-corrected chi connectivity index (χ2v) is 13.9. The smallest absolute Gasteiger partial charge is 0.326 e. The quantitative estimate of drug-likeness (QED) is 0.0732. The average Bonchev–Trinajstić information content (AvgIpc) is 2.94. The molecule has 0 spiro atoms. The molecule has 0 aromatic rings. The van der Waals surface area contributed by atoms with Crippen LogP contribution in [0, 0.1) is 11.8 Å². The molecule has 0 aliphatic heterocycles. The van der Waals surface area contributed by atoms with Crippen LogP contribution >= 0.6 is 11.8 Å². The first-order valence-electron chi connectivity index (χ1n) is 16.4. The lowest BCUT2D eigenvalue weighted by Gasteiger charge is -2.27. The molecule has 4 N–H and O–H groups in total. The Kier molecular flexibility index (Phi) is 22.0. The van der Waals surface area contributed by atoms with Crippen LogP contribution in [-0.4, -0.2) is 58.4 Å². The molecule has 0 aliphatic carbocycles. The first kappa shape index (κ1) is 42.2. The van der Waals surface area contributed by atoms with Crippen molar-refractivity contribution in [1.82, 2.24) is 16.0 Å². The number of allylic oxidation sites excluding steroid dienone is 7. The molecule has 4 atom stereocenters. The van der Waals surface area contributed by atoms with E-state index >= 15 is 0 Å². The number of nitrogens with one attached hydrogen (secondary N) is 3. The molecule has 0 unspecified atom stereocenters. The summed E-state index contributed by atoms with van der Waals surface area (Å²) in [7, 11) is 0. The number of amides is 3. The van der Waals surface area contributed by atoms with Crippen LogP contribution in [0.25, 0.3) is 0 Å². The fourth-order valence-corrected chi connectivity index (χ4v) is 5.53. The summed E-state index contributed by atoms with van der Waals surface area (Å²) in [5.74, 6) is -2.00. The molecule has 0 radical (unpaired) electrons. The van der Waals surface area contributed by atoms with E-state index in [0.717, 1.165) is 38.5 Å². The minimum Gasteiger partial charge on any atom is -0.480 e. The van der Waals surface area contributed by atoms with E-state index in [1.165, 1.54) is 41.0 Å². The Bertz CT molecular complexity index is 1070. The summed E-state index contributed by atoms with van der Waals surface area (Å²) in [6.07, 6.45) is 16.0. The molecule has 256 valence electrons. The number of carbonyl (C=O) groups is 4. The molecule has 0 rings (SSSR count). The number of carbonyl (C=O) groups excluding carboxylic acids is 3. The monoisotopic (exact) mass is 647 g/mol. The molecular weight excluding hydrogens is 586 g/mol. The third-order valence-electron chi connectivity index (χ3n) is 7.71. The van der Waals surface area contributed by atoms with Gasteiger partial charge in [-0.15, -0.1) is 0 Å². The molecule has 9 heteroatoms. The predicted molar refractivity (Wildman–Crippen MR) is 189 cm³/mol. The summed E-state index contributed by atoms with van der Waals surface area (Å²) in [6.45, 7) is 19.3. The van der Waals surface area contributed by atoms with Gasteiger partial charge >= 0.3 is 5.97 Å². The van der Waals surface area contributed by atoms with Crippen LogP contribution in [0.2, 0.25) is 0 Å². The van der Waals surface area contributed by atoms with Crippen molar-refractivity contribution in [2.24, 2.45) is 11.8 Å². The maximum absolute atomic E-state index is 13.2. The van der Waals surface area contributed by atoms with Crippen molar-refractivity contribution in [3.8, 4) is 0 Å². The lowest BCUT2D eigenvalue weighted by molar-refractivity contribution is -0.144. The van der Waals surface area contributed by atoms with E-state index in [4.69, 9.17) is 0 Å². The molecule has 0 fully saturated rings. The molecule has 3 amide bonds. The number of carboxylic acids is 1. The molecule has 8 nitrogen and oxygen atoms in total. The molecule has 0 bridgehead atoms. The van der Waals surface area contributed by atoms with Gasteiger partial charge in [-0.2, -0.15) is 11.8 Å². The Morgan fingerprint density at radius 3 is 1.62 bits per heavy atom. The van der Waals surface area contributed by atoms with Gasteiger partial charge in [0.25, 0.3) is 0 Å². The zero-order valence-corrected chi connectivity index (χ0v) is 30.4. The average molecular weight is 648 g/mol. The van der Waals surface area contributed by atoms with Crippen molar-refractivity contribution >= 4 is 35.5 Å². The predicted octanol–water partition coefficient (Wildman–Crippen LogP) is 7.13. The molecular formula is C36H61N3O5S. The first-order valence-corrected chi connectivity index (χ1v) is 17.5. The molecule has 45 heavy (non-hydrogen) atoms. The number of aliphatic carboxylic acids is 1. The van der Waals surface area contributed by atoms with Gasteiger partial charge in [-0.25, -0.2) is 4.79 Å². The molecule has 0 aromatic heterocycles. The fraction of sp³-hybridized carbons (Fsp3) is 0.667. The Hall–Kier alpha value is -2.81. The van der Waals surface area contributed by atoms with Gasteiger partial charge < -0.3 is 21.1 Å². The van der Waals surface area contributed by atoms with Crippen molar-refractivity contribution < 1.29 is 24.3 Å². The summed E-state index contributed by atoms with van der Waals surface area (Å²) in [5.41, 5.74) is 5.50. The highest BCUT2D eigenvalue weighted by atomic mass is 32.2. The van der Waals surface area contributed by atoms with E-state index in [0.29, 0.717) is 17.9 Å². The number of thioether (sulfide) groups is 1. The van der Waals surface area contributed by atoms with Gasteiger partial charge in [0, 0.05) is 18.4 Å². The number of rotatable bonds is 22. The number of carboxylic acid groups (broad SMARTS) is 1. The Morgan fingerprint density at radius 1 is 0.689 bits per heavy atom. The van der Waals surface area contributed by atoms with Crippen molar-refractivity contribution in [2.45, 2.75) is 132 Å². The Balaban J connectivity index is 4.94. The van der Waals surface area contributed by atoms with E-state index in [1.54, 1.807) is 20.8 Å². The topological polar surface area (TPSA) is 125 Å². The number of hydrogen-bond acceptors (Lipinski definition) is 5. The first-order chi connectivity index (χ1) is 21.1.